The number of carbonyl (C=O) groups is 1. The number of carboxylic acids is 1. The van der Waals surface area contributed by atoms with Crippen molar-refractivity contribution in [3.63, 3.8) is 0 Å². The molecule has 0 spiro atoms. The van der Waals surface area contributed by atoms with Crippen LogP contribution in [0.15, 0.2) is 11.6 Å². The summed E-state index contributed by atoms with van der Waals surface area (Å²) in [7, 11) is 0. The predicted octanol–water partition coefficient (Wildman–Crippen LogP) is 2.99. The van der Waals surface area contributed by atoms with Crippen molar-refractivity contribution in [3.05, 3.63) is 11.6 Å². The van der Waals surface area contributed by atoms with Crippen LogP contribution in [0, 0.1) is 11.3 Å². The molecular formula is C12H18O2. The maximum atomic E-state index is 10.6. The van der Waals surface area contributed by atoms with Crippen molar-refractivity contribution in [1.82, 2.24) is 0 Å². The molecule has 0 saturated heterocycles. The Morgan fingerprint density at radius 3 is 2.57 bits per heavy atom. The number of fused-ring (bicyclic) bond motifs is 2. The first-order valence-corrected chi connectivity index (χ1v) is 5.51. The Morgan fingerprint density at radius 1 is 1.50 bits per heavy atom. The van der Waals surface area contributed by atoms with E-state index in [1.54, 1.807) is 6.92 Å². The van der Waals surface area contributed by atoms with Crippen molar-refractivity contribution in [2.24, 2.45) is 11.3 Å². The van der Waals surface area contributed by atoms with Gasteiger partial charge in [0, 0.05) is 5.57 Å². The number of aliphatic carboxylic acids is 1. The number of carboxylic acid groups (broad SMARTS) is 1. The average Bonchev–Trinajstić information content (AvgIpc) is 2.74. The standard InChI is InChI=1S/C12H18O2/c1-9(11(13)14)2-5-12-6-3-10(8-12)4-7-12/h2,10H,3-8H2,1H3,(H,13,14). The Kier molecular flexibility index (Phi) is 2.38. The molecule has 0 amide bonds. The normalized spacial score (nSPS) is 36.4. The molecule has 0 aliphatic heterocycles. The highest BCUT2D eigenvalue weighted by molar-refractivity contribution is 5.85. The van der Waals surface area contributed by atoms with Gasteiger partial charge in [0.2, 0.25) is 0 Å². The molecule has 2 aliphatic rings. The summed E-state index contributed by atoms with van der Waals surface area (Å²) < 4.78 is 0. The number of rotatable bonds is 3. The molecule has 0 radical (unpaired) electrons. The van der Waals surface area contributed by atoms with E-state index in [0.717, 1.165) is 12.3 Å². The van der Waals surface area contributed by atoms with Crippen LogP contribution in [0.3, 0.4) is 0 Å². The molecule has 2 nitrogen and oxygen atoms in total. The molecule has 2 fully saturated rings. The van der Waals surface area contributed by atoms with Gasteiger partial charge in [0.25, 0.3) is 0 Å². The van der Waals surface area contributed by atoms with Gasteiger partial charge >= 0.3 is 5.97 Å². The van der Waals surface area contributed by atoms with Crippen LogP contribution < -0.4 is 0 Å². The second-order valence-electron chi connectivity index (χ2n) is 5.04. The third-order valence-electron chi connectivity index (χ3n) is 4.07. The maximum Gasteiger partial charge on any atom is 0.330 e. The van der Waals surface area contributed by atoms with Crippen LogP contribution in [0.25, 0.3) is 0 Å². The Morgan fingerprint density at radius 2 is 2.14 bits per heavy atom. The smallest absolute Gasteiger partial charge is 0.330 e. The SMILES string of the molecule is CC(=CCC12CCC(CC1)C2)C(=O)O. The van der Waals surface area contributed by atoms with E-state index in [1.807, 2.05) is 6.08 Å². The lowest BCUT2D eigenvalue weighted by atomic mass is 9.81. The van der Waals surface area contributed by atoms with Gasteiger partial charge in [-0.25, -0.2) is 4.79 Å². The molecule has 0 atom stereocenters. The largest absolute Gasteiger partial charge is 0.478 e. The first-order valence-electron chi connectivity index (χ1n) is 5.51. The van der Waals surface area contributed by atoms with E-state index in [0.29, 0.717) is 11.0 Å². The molecule has 2 aliphatic carbocycles. The van der Waals surface area contributed by atoms with Gasteiger partial charge in [0.15, 0.2) is 0 Å². The van der Waals surface area contributed by atoms with E-state index in [9.17, 15) is 4.79 Å². The van der Waals surface area contributed by atoms with Gasteiger partial charge in [-0.3, -0.25) is 0 Å². The fourth-order valence-electron chi connectivity index (χ4n) is 3.05. The van der Waals surface area contributed by atoms with Gasteiger partial charge in [0.1, 0.15) is 0 Å². The van der Waals surface area contributed by atoms with Gasteiger partial charge in [-0.05, 0) is 56.8 Å². The molecule has 14 heavy (non-hydrogen) atoms. The first-order chi connectivity index (χ1) is 6.61. The average molecular weight is 194 g/mol. The fourth-order valence-corrected chi connectivity index (χ4v) is 3.05. The van der Waals surface area contributed by atoms with Gasteiger partial charge in [-0.15, -0.1) is 0 Å². The lowest BCUT2D eigenvalue weighted by molar-refractivity contribution is -0.132. The van der Waals surface area contributed by atoms with Crippen molar-refractivity contribution in [3.8, 4) is 0 Å². The van der Waals surface area contributed by atoms with Crippen LogP contribution in [-0.2, 0) is 4.79 Å². The van der Waals surface area contributed by atoms with Gasteiger partial charge in [-0.2, -0.15) is 0 Å². The third-order valence-corrected chi connectivity index (χ3v) is 4.07. The number of hydrogen-bond acceptors (Lipinski definition) is 1. The highest BCUT2D eigenvalue weighted by atomic mass is 16.4. The van der Waals surface area contributed by atoms with Crippen LogP contribution in [0.1, 0.15) is 45.4 Å². The van der Waals surface area contributed by atoms with Gasteiger partial charge in [0.05, 0.1) is 0 Å². The second kappa shape index (κ2) is 3.41. The molecule has 0 aromatic heterocycles. The molecule has 2 rings (SSSR count). The zero-order valence-electron chi connectivity index (χ0n) is 8.75. The lowest BCUT2D eigenvalue weighted by Crippen LogP contribution is -2.13. The summed E-state index contributed by atoms with van der Waals surface area (Å²) in [5.41, 5.74) is 0.996. The first kappa shape index (κ1) is 9.75. The van der Waals surface area contributed by atoms with Crippen LogP contribution in [-0.4, -0.2) is 11.1 Å². The Bertz CT molecular complexity index is 270. The minimum Gasteiger partial charge on any atom is -0.478 e. The van der Waals surface area contributed by atoms with E-state index in [4.69, 9.17) is 5.11 Å². The minimum atomic E-state index is -0.769. The molecule has 2 bridgehead atoms. The van der Waals surface area contributed by atoms with Crippen molar-refractivity contribution < 1.29 is 9.90 Å². The highest BCUT2D eigenvalue weighted by Crippen LogP contribution is 2.56. The molecule has 2 saturated carbocycles. The summed E-state index contributed by atoms with van der Waals surface area (Å²) >= 11 is 0. The quantitative estimate of drug-likeness (QED) is 0.701. The van der Waals surface area contributed by atoms with Crippen LogP contribution in [0.5, 0.6) is 0 Å². The molecule has 2 heteroatoms. The number of hydrogen-bond donors (Lipinski definition) is 1. The fraction of sp³-hybridized carbons (Fsp3) is 0.750. The second-order valence-corrected chi connectivity index (χ2v) is 5.04. The van der Waals surface area contributed by atoms with Crippen LogP contribution in [0.4, 0.5) is 0 Å². The van der Waals surface area contributed by atoms with E-state index < -0.39 is 5.97 Å². The Hall–Kier alpha value is -0.790. The molecule has 0 heterocycles. The molecule has 1 N–H and O–H groups in total. The van der Waals surface area contributed by atoms with E-state index in [-0.39, 0.29) is 0 Å². The summed E-state index contributed by atoms with van der Waals surface area (Å²) in [6.07, 6.45) is 9.65. The van der Waals surface area contributed by atoms with Crippen molar-refractivity contribution >= 4 is 5.97 Å². The monoisotopic (exact) mass is 194 g/mol. The summed E-state index contributed by atoms with van der Waals surface area (Å²) in [4.78, 5) is 10.6. The van der Waals surface area contributed by atoms with Gasteiger partial charge < -0.3 is 5.11 Å². The van der Waals surface area contributed by atoms with Crippen LogP contribution >= 0.6 is 0 Å². The van der Waals surface area contributed by atoms with Crippen molar-refractivity contribution in [1.29, 1.82) is 0 Å². The lowest BCUT2D eigenvalue weighted by Gasteiger charge is -2.24. The molecule has 0 aromatic carbocycles. The van der Waals surface area contributed by atoms with Crippen LogP contribution in [0.2, 0.25) is 0 Å². The highest BCUT2D eigenvalue weighted by Gasteiger charge is 2.43. The molecule has 0 aromatic rings. The molecule has 78 valence electrons. The number of allylic oxidation sites excluding steroid dienone is 1. The third kappa shape index (κ3) is 1.70. The summed E-state index contributed by atoms with van der Waals surface area (Å²) in [5.74, 6) is 0.183. The Balaban J connectivity index is 1.98. The van der Waals surface area contributed by atoms with Crippen molar-refractivity contribution in [2.75, 3.05) is 0 Å². The predicted molar refractivity (Wildman–Crippen MR) is 55.0 cm³/mol. The summed E-state index contributed by atoms with van der Waals surface area (Å²) in [5, 5.41) is 8.75. The van der Waals surface area contributed by atoms with Crippen molar-refractivity contribution in [2.45, 2.75) is 45.4 Å². The van der Waals surface area contributed by atoms with E-state index in [1.165, 1.54) is 32.1 Å². The van der Waals surface area contributed by atoms with E-state index in [2.05, 4.69) is 0 Å². The van der Waals surface area contributed by atoms with E-state index >= 15 is 0 Å². The minimum absolute atomic E-state index is 0.487. The Labute approximate surface area is 85.0 Å². The summed E-state index contributed by atoms with van der Waals surface area (Å²) in [6, 6.07) is 0. The molecular weight excluding hydrogens is 176 g/mol. The zero-order valence-corrected chi connectivity index (χ0v) is 8.75. The van der Waals surface area contributed by atoms with Gasteiger partial charge in [-0.1, -0.05) is 6.08 Å². The molecule has 0 unspecified atom stereocenters. The topological polar surface area (TPSA) is 37.3 Å². The zero-order chi connectivity index (χ0) is 10.2. The summed E-state index contributed by atoms with van der Waals surface area (Å²) in [6.45, 7) is 1.69. The maximum absolute atomic E-state index is 10.6.